The Labute approximate surface area is 94.8 Å². The van der Waals surface area contributed by atoms with Crippen LogP contribution in [0.3, 0.4) is 0 Å². The molecule has 0 bridgehead atoms. The maximum absolute atomic E-state index is 11.8. The van der Waals surface area contributed by atoms with Crippen molar-refractivity contribution >= 4 is 17.5 Å². The molecular weight excluding hydrogens is 214 g/mol. The van der Waals surface area contributed by atoms with Gasteiger partial charge in [0.1, 0.15) is 5.76 Å². The smallest absolute Gasteiger partial charge is 0.255 e. The number of nitrogens with one attached hydrogen (secondary N) is 1. The molecule has 1 unspecified atom stereocenters. The van der Waals surface area contributed by atoms with Crippen LogP contribution >= 0.6 is 11.6 Å². The molecule has 15 heavy (non-hydrogen) atoms. The van der Waals surface area contributed by atoms with Gasteiger partial charge in [-0.05, 0) is 12.5 Å². The fraction of sp³-hybridized carbons (Fsp3) is 0.545. The van der Waals surface area contributed by atoms with E-state index in [4.69, 9.17) is 16.0 Å². The highest BCUT2D eigenvalue weighted by Gasteiger charge is 2.15. The predicted octanol–water partition coefficient (Wildman–Crippen LogP) is 2.59. The summed E-state index contributed by atoms with van der Waals surface area (Å²) < 4.78 is 5.19. The lowest BCUT2D eigenvalue weighted by Gasteiger charge is -2.13. The first kappa shape index (κ1) is 12.1. The Bertz CT molecular complexity index is 318. The van der Waals surface area contributed by atoms with Crippen molar-refractivity contribution in [3.05, 3.63) is 23.7 Å². The van der Waals surface area contributed by atoms with Crippen molar-refractivity contribution in [1.29, 1.82) is 0 Å². The van der Waals surface area contributed by atoms with Crippen molar-refractivity contribution in [2.75, 3.05) is 5.88 Å². The van der Waals surface area contributed by atoms with Crippen LogP contribution in [0.15, 0.2) is 16.7 Å². The molecule has 0 aliphatic carbocycles. The van der Waals surface area contributed by atoms with E-state index in [1.807, 2.05) is 13.8 Å². The lowest BCUT2D eigenvalue weighted by molar-refractivity contribution is 0.0938. The second-order valence-corrected chi connectivity index (χ2v) is 3.65. The van der Waals surface area contributed by atoms with Crippen LogP contribution in [0.5, 0.6) is 0 Å². The predicted molar refractivity (Wildman–Crippen MR) is 60.4 cm³/mol. The van der Waals surface area contributed by atoms with Crippen LogP contribution < -0.4 is 5.32 Å². The second-order valence-electron chi connectivity index (χ2n) is 3.34. The molecule has 0 aliphatic heterocycles. The maximum Gasteiger partial charge on any atom is 0.255 e. The highest BCUT2D eigenvalue weighted by molar-refractivity contribution is 6.18. The molecule has 1 atom stereocenters. The van der Waals surface area contributed by atoms with Gasteiger partial charge in [-0.25, -0.2) is 0 Å². The number of carbonyl (C=O) groups is 1. The van der Waals surface area contributed by atoms with E-state index in [1.165, 1.54) is 6.26 Å². The molecule has 1 heterocycles. The normalized spacial score (nSPS) is 12.5. The third-order valence-electron chi connectivity index (χ3n) is 2.33. The fourth-order valence-corrected chi connectivity index (χ4v) is 1.62. The monoisotopic (exact) mass is 229 g/mol. The van der Waals surface area contributed by atoms with Crippen LogP contribution in [-0.2, 0) is 6.42 Å². The summed E-state index contributed by atoms with van der Waals surface area (Å²) in [5.41, 5.74) is 0.612. The molecule has 0 aliphatic rings. The van der Waals surface area contributed by atoms with Crippen LogP contribution in [0, 0.1) is 0 Å². The largest absolute Gasteiger partial charge is 0.469 e. The van der Waals surface area contributed by atoms with Crippen molar-refractivity contribution in [2.45, 2.75) is 32.7 Å². The Balaban J connectivity index is 2.68. The minimum absolute atomic E-state index is 0.0266. The molecule has 1 aromatic rings. The molecule has 0 saturated heterocycles. The highest BCUT2D eigenvalue weighted by Crippen LogP contribution is 2.11. The standard InChI is InChI=1S/C11H16ClNO2/c1-3-8(7-12)13-11(14)9-5-6-15-10(9)4-2/h5-6,8H,3-4,7H2,1-2H3,(H,13,14). The lowest BCUT2D eigenvalue weighted by atomic mass is 10.2. The molecule has 1 amide bonds. The molecule has 0 radical (unpaired) electrons. The van der Waals surface area contributed by atoms with Gasteiger partial charge in [0, 0.05) is 18.3 Å². The first-order valence-corrected chi connectivity index (χ1v) is 5.69. The van der Waals surface area contributed by atoms with Crippen LogP contribution in [-0.4, -0.2) is 17.8 Å². The van der Waals surface area contributed by atoms with E-state index in [9.17, 15) is 4.79 Å². The molecule has 84 valence electrons. The first-order valence-electron chi connectivity index (χ1n) is 5.16. The van der Waals surface area contributed by atoms with Gasteiger partial charge in [-0.3, -0.25) is 4.79 Å². The molecule has 4 heteroatoms. The SMILES string of the molecule is CCc1occc1C(=O)NC(CC)CCl. The summed E-state index contributed by atoms with van der Waals surface area (Å²) in [5, 5.41) is 2.86. The Morgan fingerprint density at radius 3 is 2.87 bits per heavy atom. The molecule has 1 rings (SSSR count). The van der Waals surface area contributed by atoms with Gasteiger partial charge in [-0.2, -0.15) is 0 Å². The summed E-state index contributed by atoms with van der Waals surface area (Å²) in [6, 6.07) is 1.72. The van der Waals surface area contributed by atoms with Gasteiger partial charge in [0.15, 0.2) is 0 Å². The molecule has 0 saturated carbocycles. The minimum Gasteiger partial charge on any atom is -0.469 e. The number of hydrogen-bond acceptors (Lipinski definition) is 2. The average molecular weight is 230 g/mol. The summed E-state index contributed by atoms with van der Waals surface area (Å²) >= 11 is 5.71. The molecule has 1 aromatic heterocycles. The third kappa shape index (κ3) is 2.99. The van der Waals surface area contributed by atoms with Gasteiger partial charge >= 0.3 is 0 Å². The van der Waals surface area contributed by atoms with Gasteiger partial charge in [0.2, 0.25) is 0 Å². The fourth-order valence-electron chi connectivity index (χ4n) is 1.33. The highest BCUT2D eigenvalue weighted by atomic mass is 35.5. The van der Waals surface area contributed by atoms with E-state index in [-0.39, 0.29) is 11.9 Å². The number of aryl methyl sites for hydroxylation is 1. The first-order chi connectivity index (χ1) is 7.22. The Kier molecular flexibility index (Phi) is 4.69. The average Bonchev–Trinajstić information content (AvgIpc) is 2.73. The van der Waals surface area contributed by atoms with Crippen LogP contribution in [0.25, 0.3) is 0 Å². The number of alkyl halides is 1. The topological polar surface area (TPSA) is 42.2 Å². The zero-order valence-corrected chi connectivity index (χ0v) is 9.80. The Hall–Kier alpha value is -0.960. The van der Waals surface area contributed by atoms with Gasteiger partial charge in [-0.1, -0.05) is 13.8 Å². The zero-order chi connectivity index (χ0) is 11.3. The summed E-state index contributed by atoms with van der Waals surface area (Å²) in [5.74, 6) is 1.05. The Morgan fingerprint density at radius 1 is 1.60 bits per heavy atom. The molecular formula is C11H16ClNO2. The van der Waals surface area contributed by atoms with E-state index >= 15 is 0 Å². The van der Waals surface area contributed by atoms with Gasteiger partial charge in [0.05, 0.1) is 11.8 Å². The van der Waals surface area contributed by atoms with E-state index in [0.717, 1.165) is 12.2 Å². The quantitative estimate of drug-likeness (QED) is 0.789. The van der Waals surface area contributed by atoms with Crippen molar-refractivity contribution in [1.82, 2.24) is 5.32 Å². The van der Waals surface area contributed by atoms with Crippen LogP contribution in [0.1, 0.15) is 36.4 Å². The number of furan rings is 1. The van der Waals surface area contributed by atoms with Gasteiger partial charge in [0.25, 0.3) is 5.91 Å². The zero-order valence-electron chi connectivity index (χ0n) is 9.05. The Morgan fingerprint density at radius 2 is 2.33 bits per heavy atom. The molecule has 0 fully saturated rings. The van der Waals surface area contributed by atoms with Crippen molar-refractivity contribution < 1.29 is 9.21 Å². The van der Waals surface area contributed by atoms with E-state index in [1.54, 1.807) is 6.07 Å². The number of rotatable bonds is 5. The van der Waals surface area contributed by atoms with Crippen LogP contribution in [0.2, 0.25) is 0 Å². The number of halogens is 1. The summed E-state index contributed by atoms with van der Waals surface area (Å²) in [7, 11) is 0. The number of carbonyl (C=O) groups excluding carboxylic acids is 1. The number of hydrogen-bond donors (Lipinski definition) is 1. The molecule has 0 aromatic carbocycles. The van der Waals surface area contributed by atoms with Gasteiger partial charge < -0.3 is 9.73 Å². The molecule has 0 spiro atoms. The summed E-state index contributed by atoms with van der Waals surface area (Å²) in [6.45, 7) is 3.94. The molecule has 3 nitrogen and oxygen atoms in total. The van der Waals surface area contributed by atoms with E-state index < -0.39 is 0 Å². The number of amides is 1. The van der Waals surface area contributed by atoms with Crippen molar-refractivity contribution in [3.8, 4) is 0 Å². The minimum atomic E-state index is -0.104. The second kappa shape index (κ2) is 5.81. The lowest BCUT2D eigenvalue weighted by Crippen LogP contribution is -2.35. The van der Waals surface area contributed by atoms with Crippen molar-refractivity contribution in [3.63, 3.8) is 0 Å². The maximum atomic E-state index is 11.8. The summed E-state index contributed by atoms with van der Waals surface area (Å²) in [6.07, 6.45) is 3.08. The van der Waals surface area contributed by atoms with Gasteiger partial charge in [-0.15, -0.1) is 11.6 Å². The van der Waals surface area contributed by atoms with Crippen molar-refractivity contribution in [2.24, 2.45) is 0 Å². The van der Waals surface area contributed by atoms with Crippen LogP contribution in [0.4, 0.5) is 0 Å². The summed E-state index contributed by atoms with van der Waals surface area (Å²) in [4.78, 5) is 11.8. The third-order valence-corrected chi connectivity index (χ3v) is 2.70. The van der Waals surface area contributed by atoms with E-state index in [0.29, 0.717) is 17.9 Å². The van der Waals surface area contributed by atoms with E-state index in [2.05, 4.69) is 5.32 Å². The molecule has 1 N–H and O–H groups in total.